The largest absolute Gasteiger partial charge is 0.322 e. The fourth-order valence-corrected chi connectivity index (χ4v) is 7.39. The first-order valence-electron chi connectivity index (χ1n) is 14.4. The summed E-state index contributed by atoms with van der Waals surface area (Å²) in [6.45, 7) is 3.60. The SMILES string of the molecule is Cc1c(NC(=O)c2cccc(NC(=O)c3cccc(S(=O)(=O)N4c5ccccc5CC4C)c3)c2)c(=O)n(-c2ccccc2)n1C. The first kappa shape index (κ1) is 29.6. The fraction of sp³-hybridized carbons (Fsp3) is 0.147. The zero-order valence-corrected chi connectivity index (χ0v) is 25.7. The van der Waals surface area contributed by atoms with Crippen molar-refractivity contribution in [1.29, 1.82) is 0 Å². The van der Waals surface area contributed by atoms with Crippen molar-refractivity contribution >= 4 is 38.9 Å². The zero-order valence-electron chi connectivity index (χ0n) is 24.9. The van der Waals surface area contributed by atoms with E-state index in [2.05, 4.69) is 10.6 Å². The zero-order chi connectivity index (χ0) is 31.9. The first-order chi connectivity index (χ1) is 21.6. The number of benzene rings is 4. The van der Waals surface area contributed by atoms with Gasteiger partial charge in [0.25, 0.3) is 27.4 Å². The number of amides is 2. The van der Waals surface area contributed by atoms with Gasteiger partial charge in [0.2, 0.25) is 0 Å². The van der Waals surface area contributed by atoms with E-state index in [1.165, 1.54) is 39.3 Å². The highest BCUT2D eigenvalue weighted by atomic mass is 32.2. The summed E-state index contributed by atoms with van der Waals surface area (Å²) in [5.41, 5.74) is 3.30. The van der Waals surface area contributed by atoms with Crippen LogP contribution < -0.4 is 20.5 Å². The van der Waals surface area contributed by atoms with Crippen molar-refractivity contribution in [3.8, 4) is 5.69 Å². The summed E-state index contributed by atoms with van der Waals surface area (Å²) in [6.07, 6.45) is 0.604. The highest BCUT2D eigenvalue weighted by Gasteiger charge is 2.36. The molecule has 1 aliphatic rings. The van der Waals surface area contributed by atoms with Crippen LogP contribution in [0.25, 0.3) is 5.69 Å². The lowest BCUT2D eigenvalue weighted by Crippen LogP contribution is -2.35. The smallest absolute Gasteiger partial charge is 0.295 e. The second kappa shape index (κ2) is 11.6. The third-order valence-corrected chi connectivity index (χ3v) is 9.90. The molecule has 2 amide bonds. The molecule has 228 valence electrons. The van der Waals surface area contributed by atoms with Gasteiger partial charge in [-0.3, -0.25) is 23.4 Å². The number of hydrogen-bond donors (Lipinski definition) is 2. The van der Waals surface area contributed by atoms with E-state index in [9.17, 15) is 22.8 Å². The van der Waals surface area contributed by atoms with Gasteiger partial charge in [-0.05, 0) is 80.4 Å². The van der Waals surface area contributed by atoms with E-state index in [1.54, 1.807) is 61.1 Å². The van der Waals surface area contributed by atoms with Crippen LogP contribution in [-0.4, -0.2) is 35.6 Å². The molecular formula is C34H31N5O5S. The molecule has 0 fully saturated rings. The van der Waals surface area contributed by atoms with Crippen LogP contribution in [0.5, 0.6) is 0 Å². The molecule has 1 aliphatic heterocycles. The van der Waals surface area contributed by atoms with Crippen molar-refractivity contribution in [2.45, 2.75) is 31.2 Å². The molecule has 11 heteroatoms. The summed E-state index contributed by atoms with van der Waals surface area (Å²) >= 11 is 0. The quantitative estimate of drug-likeness (QED) is 0.261. The summed E-state index contributed by atoms with van der Waals surface area (Å²) in [6, 6.07) is 28.4. The highest BCUT2D eigenvalue weighted by molar-refractivity contribution is 7.92. The summed E-state index contributed by atoms with van der Waals surface area (Å²) < 4.78 is 31.9. The lowest BCUT2D eigenvalue weighted by molar-refractivity contribution is 0.101. The molecule has 1 aromatic heterocycles. The van der Waals surface area contributed by atoms with E-state index in [0.717, 1.165) is 5.56 Å². The van der Waals surface area contributed by atoms with Gasteiger partial charge in [-0.15, -0.1) is 0 Å². The van der Waals surface area contributed by atoms with Crippen LogP contribution >= 0.6 is 0 Å². The van der Waals surface area contributed by atoms with E-state index >= 15 is 0 Å². The molecule has 0 aliphatic carbocycles. The molecule has 1 unspecified atom stereocenters. The van der Waals surface area contributed by atoms with Gasteiger partial charge in [-0.1, -0.05) is 48.5 Å². The average Bonchev–Trinajstić information content (AvgIpc) is 3.49. The van der Waals surface area contributed by atoms with Gasteiger partial charge >= 0.3 is 0 Å². The number of nitrogens with one attached hydrogen (secondary N) is 2. The predicted molar refractivity (Wildman–Crippen MR) is 174 cm³/mol. The Labute approximate surface area is 260 Å². The number of aromatic nitrogens is 2. The van der Waals surface area contributed by atoms with Crippen molar-refractivity contribution in [3.63, 3.8) is 0 Å². The maximum atomic E-state index is 13.7. The molecule has 5 aromatic rings. The van der Waals surface area contributed by atoms with E-state index in [1.807, 2.05) is 37.3 Å². The Morgan fingerprint density at radius 3 is 2.20 bits per heavy atom. The molecule has 0 radical (unpaired) electrons. The monoisotopic (exact) mass is 621 g/mol. The second-order valence-electron chi connectivity index (χ2n) is 10.9. The number of fused-ring (bicyclic) bond motifs is 1. The molecule has 1 atom stereocenters. The van der Waals surface area contributed by atoms with E-state index in [4.69, 9.17) is 0 Å². The Hall–Kier alpha value is -5.42. The van der Waals surface area contributed by atoms with Crippen LogP contribution in [0.15, 0.2) is 113 Å². The number of sulfonamides is 1. The Kier molecular flexibility index (Phi) is 7.63. The maximum Gasteiger partial charge on any atom is 0.295 e. The van der Waals surface area contributed by atoms with Gasteiger partial charge in [-0.25, -0.2) is 13.1 Å². The third kappa shape index (κ3) is 5.42. The normalized spacial score (nSPS) is 14.2. The standard InChI is InChI=1S/C34H31N5O5S/c1-22-19-24-11-7-8-18-30(24)39(22)45(43,44)29-17-10-13-26(21-29)32(40)35-27-14-9-12-25(20-27)33(41)36-31-23(2)37(3)38(34(31)42)28-15-5-4-6-16-28/h4-18,20-22H,19H2,1-3H3,(H,35,40)(H,36,41). The van der Waals surface area contributed by atoms with Crippen molar-refractivity contribution in [3.05, 3.63) is 136 Å². The summed E-state index contributed by atoms with van der Waals surface area (Å²) in [7, 11) is -2.20. The molecule has 0 spiro atoms. The van der Waals surface area contributed by atoms with Crippen molar-refractivity contribution < 1.29 is 18.0 Å². The molecule has 10 nitrogen and oxygen atoms in total. The van der Waals surface area contributed by atoms with Gasteiger partial charge in [0.05, 0.1) is 22.0 Å². The first-order valence-corrected chi connectivity index (χ1v) is 15.8. The van der Waals surface area contributed by atoms with Gasteiger partial charge in [0.1, 0.15) is 5.69 Å². The summed E-state index contributed by atoms with van der Waals surface area (Å²) in [5.74, 6) is -1.06. The molecule has 2 N–H and O–H groups in total. The number of carbonyl (C=O) groups excluding carboxylic acids is 2. The third-order valence-electron chi connectivity index (χ3n) is 7.97. The second-order valence-corrected chi connectivity index (χ2v) is 12.8. The molecule has 4 aromatic carbocycles. The Bertz CT molecular complexity index is 2120. The number of hydrogen-bond acceptors (Lipinski definition) is 5. The summed E-state index contributed by atoms with van der Waals surface area (Å²) in [5, 5.41) is 5.47. The molecule has 2 heterocycles. The fourth-order valence-electron chi connectivity index (χ4n) is 5.65. The molecule has 45 heavy (non-hydrogen) atoms. The van der Waals surface area contributed by atoms with Crippen LogP contribution in [0.1, 0.15) is 38.9 Å². The Balaban J connectivity index is 1.21. The van der Waals surface area contributed by atoms with E-state index < -0.39 is 21.8 Å². The summed E-state index contributed by atoms with van der Waals surface area (Å²) in [4.78, 5) is 39.7. The lowest BCUT2D eigenvalue weighted by Gasteiger charge is -2.24. The Morgan fingerprint density at radius 1 is 0.800 bits per heavy atom. The van der Waals surface area contributed by atoms with Gasteiger partial charge in [0.15, 0.2) is 0 Å². The molecule has 0 saturated heterocycles. The van der Waals surface area contributed by atoms with E-state index in [0.29, 0.717) is 29.2 Å². The minimum atomic E-state index is -3.93. The van der Waals surface area contributed by atoms with Gasteiger partial charge in [0, 0.05) is 29.9 Å². The van der Waals surface area contributed by atoms with Crippen molar-refractivity contribution in [1.82, 2.24) is 9.36 Å². The number of nitrogens with zero attached hydrogens (tertiary/aromatic N) is 3. The van der Waals surface area contributed by atoms with E-state index in [-0.39, 0.29) is 33.3 Å². The number of rotatable bonds is 7. The average molecular weight is 622 g/mol. The molecular weight excluding hydrogens is 590 g/mol. The van der Waals surface area contributed by atoms with Crippen LogP contribution in [0.4, 0.5) is 17.1 Å². The predicted octanol–water partition coefficient (Wildman–Crippen LogP) is 5.13. The molecule has 6 rings (SSSR count). The van der Waals surface area contributed by atoms with Crippen LogP contribution in [-0.2, 0) is 23.5 Å². The van der Waals surface area contributed by atoms with Gasteiger partial charge < -0.3 is 10.6 Å². The molecule has 0 bridgehead atoms. The maximum absolute atomic E-state index is 13.7. The minimum Gasteiger partial charge on any atom is -0.322 e. The lowest BCUT2D eigenvalue weighted by atomic mass is 10.1. The van der Waals surface area contributed by atoms with Crippen LogP contribution in [0.3, 0.4) is 0 Å². The van der Waals surface area contributed by atoms with Crippen molar-refractivity contribution in [2.75, 3.05) is 14.9 Å². The highest BCUT2D eigenvalue weighted by Crippen LogP contribution is 2.36. The molecule has 0 saturated carbocycles. The number of para-hydroxylation sites is 2. The number of carbonyl (C=O) groups is 2. The van der Waals surface area contributed by atoms with Crippen LogP contribution in [0.2, 0.25) is 0 Å². The van der Waals surface area contributed by atoms with Crippen LogP contribution in [0, 0.1) is 6.92 Å². The minimum absolute atomic E-state index is 0.00576. The van der Waals surface area contributed by atoms with Crippen molar-refractivity contribution in [2.24, 2.45) is 7.05 Å². The van der Waals surface area contributed by atoms with Gasteiger partial charge in [-0.2, -0.15) is 0 Å². The topological polar surface area (TPSA) is 123 Å². The Morgan fingerprint density at radius 2 is 1.44 bits per heavy atom. The number of anilines is 3.